The van der Waals surface area contributed by atoms with Crippen LogP contribution in [0.1, 0.15) is 48.3 Å². The maximum atomic E-state index is 13.7. The van der Waals surface area contributed by atoms with Crippen molar-refractivity contribution in [2.45, 2.75) is 39.2 Å². The van der Waals surface area contributed by atoms with Gasteiger partial charge in [0.2, 0.25) is 0 Å². The van der Waals surface area contributed by atoms with E-state index in [1.165, 1.54) is 33.9 Å². The highest BCUT2D eigenvalue weighted by Gasteiger charge is 2.46. The summed E-state index contributed by atoms with van der Waals surface area (Å²) in [5, 5.41) is -0.238. The number of hydrogen-bond acceptors (Lipinski definition) is 4. The van der Waals surface area contributed by atoms with Gasteiger partial charge in [0.1, 0.15) is 17.5 Å². The number of rotatable bonds is 2. The van der Waals surface area contributed by atoms with Crippen LogP contribution in [-0.2, 0) is 6.42 Å². The van der Waals surface area contributed by atoms with Crippen molar-refractivity contribution in [3.8, 4) is 17.5 Å². The van der Waals surface area contributed by atoms with Crippen molar-refractivity contribution in [1.82, 2.24) is 9.55 Å². The molecule has 5 rings (SSSR count). The standard InChI is InChI=1S/C27H25Cl2FN4O/c1-3-4-17-5-6-18-15-27(26(31)19(18)13-17)9-11-33(12-10-27)22-14-23(35)34(16(2)32-22)21-8-7-20(30)24(28)25(21)29/h5-8,13-14,26H,9-12,15,31H2,1-2H3/t26-/m1/s1. The summed E-state index contributed by atoms with van der Waals surface area (Å²) in [4.78, 5) is 19.9. The van der Waals surface area contributed by atoms with Crippen molar-refractivity contribution in [1.29, 1.82) is 0 Å². The fraction of sp³-hybridized carbons (Fsp3) is 0.333. The molecule has 0 bridgehead atoms. The minimum Gasteiger partial charge on any atom is -0.356 e. The van der Waals surface area contributed by atoms with Crippen LogP contribution in [0.3, 0.4) is 0 Å². The van der Waals surface area contributed by atoms with Crippen molar-refractivity contribution in [2.24, 2.45) is 11.1 Å². The highest BCUT2D eigenvalue weighted by Crippen LogP contribution is 2.51. The van der Waals surface area contributed by atoms with Gasteiger partial charge in [-0.05, 0) is 73.9 Å². The second kappa shape index (κ2) is 8.98. The Bertz CT molecular complexity index is 1450. The molecule has 8 heteroatoms. The van der Waals surface area contributed by atoms with E-state index in [-0.39, 0.29) is 27.1 Å². The normalized spacial score (nSPS) is 18.3. The Balaban J connectivity index is 1.38. The van der Waals surface area contributed by atoms with E-state index in [1.54, 1.807) is 6.92 Å². The van der Waals surface area contributed by atoms with Gasteiger partial charge in [0.15, 0.2) is 0 Å². The molecular weight excluding hydrogens is 486 g/mol. The molecule has 0 amide bonds. The third kappa shape index (κ3) is 4.02. The largest absolute Gasteiger partial charge is 0.356 e. The molecule has 35 heavy (non-hydrogen) atoms. The zero-order valence-corrected chi connectivity index (χ0v) is 21.0. The molecule has 2 heterocycles. The minimum absolute atomic E-state index is 0.000480. The summed E-state index contributed by atoms with van der Waals surface area (Å²) in [5.74, 6) is 6.51. The number of nitrogens with zero attached hydrogens (tertiary/aromatic N) is 3. The van der Waals surface area contributed by atoms with Crippen LogP contribution in [0.25, 0.3) is 5.69 Å². The van der Waals surface area contributed by atoms with Crippen LogP contribution >= 0.6 is 23.2 Å². The van der Waals surface area contributed by atoms with Gasteiger partial charge in [-0.1, -0.05) is 35.2 Å². The zero-order valence-electron chi connectivity index (χ0n) is 19.5. The number of anilines is 1. The maximum absolute atomic E-state index is 13.7. The van der Waals surface area contributed by atoms with Crippen molar-refractivity contribution in [2.75, 3.05) is 18.0 Å². The zero-order chi connectivity index (χ0) is 24.9. The molecule has 3 aromatic rings. The van der Waals surface area contributed by atoms with Crippen molar-refractivity contribution >= 4 is 29.0 Å². The Kier molecular flexibility index (Phi) is 6.13. The monoisotopic (exact) mass is 510 g/mol. The van der Waals surface area contributed by atoms with Crippen LogP contribution in [-0.4, -0.2) is 22.6 Å². The van der Waals surface area contributed by atoms with Gasteiger partial charge in [0.05, 0.1) is 15.7 Å². The second-order valence-corrected chi connectivity index (χ2v) is 10.1. The molecule has 1 aliphatic carbocycles. The van der Waals surface area contributed by atoms with Gasteiger partial charge >= 0.3 is 0 Å². The lowest BCUT2D eigenvalue weighted by atomic mass is 9.73. The molecular formula is C27H25Cl2FN4O. The quantitative estimate of drug-likeness (QED) is 0.380. The van der Waals surface area contributed by atoms with Crippen LogP contribution in [0.2, 0.25) is 10.0 Å². The summed E-state index contributed by atoms with van der Waals surface area (Å²) in [6.45, 7) is 5.07. The predicted molar refractivity (Wildman–Crippen MR) is 138 cm³/mol. The number of fused-ring (bicyclic) bond motifs is 1. The van der Waals surface area contributed by atoms with E-state index < -0.39 is 5.82 Å². The Morgan fingerprint density at radius 2 is 1.89 bits per heavy atom. The first-order valence-corrected chi connectivity index (χ1v) is 12.3. The van der Waals surface area contributed by atoms with Gasteiger partial charge in [-0.25, -0.2) is 9.37 Å². The van der Waals surface area contributed by atoms with Gasteiger partial charge in [0.25, 0.3) is 5.56 Å². The first kappa shape index (κ1) is 23.9. The van der Waals surface area contributed by atoms with Gasteiger partial charge in [0, 0.05) is 30.8 Å². The smallest absolute Gasteiger partial charge is 0.260 e. The van der Waals surface area contributed by atoms with Gasteiger partial charge < -0.3 is 10.6 Å². The highest BCUT2D eigenvalue weighted by atomic mass is 35.5. The average molecular weight is 511 g/mol. The summed E-state index contributed by atoms with van der Waals surface area (Å²) in [6, 6.07) is 10.4. The Hall–Kier alpha value is -2.85. The van der Waals surface area contributed by atoms with Crippen LogP contribution in [0.4, 0.5) is 10.2 Å². The number of hydrogen-bond donors (Lipinski definition) is 1. The molecule has 1 saturated heterocycles. The van der Waals surface area contributed by atoms with Crippen LogP contribution in [0, 0.1) is 30.0 Å². The van der Waals surface area contributed by atoms with Gasteiger partial charge in [-0.3, -0.25) is 9.36 Å². The Labute approximate surface area is 213 Å². The maximum Gasteiger partial charge on any atom is 0.260 e. The topological polar surface area (TPSA) is 64.2 Å². The van der Waals surface area contributed by atoms with E-state index in [0.29, 0.717) is 17.3 Å². The number of aromatic nitrogens is 2. The van der Waals surface area contributed by atoms with Crippen molar-refractivity contribution < 1.29 is 4.39 Å². The molecule has 1 atom stereocenters. The number of nitrogens with two attached hydrogens (primary N) is 1. The van der Waals surface area contributed by atoms with E-state index in [9.17, 15) is 9.18 Å². The first-order chi connectivity index (χ1) is 16.7. The van der Waals surface area contributed by atoms with Gasteiger partial charge in [-0.15, -0.1) is 5.92 Å². The molecule has 2 aliphatic rings. The highest BCUT2D eigenvalue weighted by molar-refractivity contribution is 6.43. The molecule has 5 nitrogen and oxygen atoms in total. The van der Waals surface area contributed by atoms with Crippen LogP contribution in [0.15, 0.2) is 41.2 Å². The summed E-state index contributed by atoms with van der Waals surface area (Å²) in [7, 11) is 0. The minimum atomic E-state index is -0.639. The van der Waals surface area contributed by atoms with E-state index in [2.05, 4.69) is 39.9 Å². The lowest BCUT2D eigenvalue weighted by molar-refractivity contribution is 0.187. The SMILES string of the molecule is CC#Cc1ccc2c(c1)[C@@H](N)C1(CCN(c3cc(=O)n(-c4ccc(F)c(Cl)c4Cl)c(C)n3)CC1)C2. The fourth-order valence-corrected chi connectivity index (χ4v) is 5.88. The van der Waals surface area contributed by atoms with E-state index >= 15 is 0 Å². The summed E-state index contributed by atoms with van der Waals surface area (Å²) >= 11 is 12.2. The number of piperidine rings is 1. The molecule has 0 unspecified atom stereocenters. The third-order valence-corrected chi connectivity index (χ3v) is 8.21. The van der Waals surface area contributed by atoms with Crippen LogP contribution in [0.5, 0.6) is 0 Å². The van der Waals surface area contributed by atoms with Crippen LogP contribution < -0.4 is 16.2 Å². The summed E-state index contributed by atoms with van der Waals surface area (Å²) < 4.78 is 15.1. The number of benzene rings is 2. The van der Waals surface area contributed by atoms with Crippen molar-refractivity contribution in [3.05, 3.63) is 85.1 Å². The molecule has 1 aliphatic heterocycles. The second-order valence-electron chi connectivity index (χ2n) is 9.32. The van der Waals surface area contributed by atoms with E-state index in [4.69, 9.17) is 28.9 Å². The number of aryl methyl sites for hydroxylation is 1. The molecule has 2 aromatic carbocycles. The summed E-state index contributed by atoms with van der Waals surface area (Å²) in [5.41, 5.74) is 10.3. The van der Waals surface area contributed by atoms with E-state index in [1.807, 2.05) is 6.92 Å². The molecule has 2 N–H and O–H groups in total. The number of halogens is 3. The van der Waals surface area contributed by atoms with E-state index in [0.717, 1.165) is 37.9 Å². The predicted octanol–water partition coefficient (Wildman–Crippen LogP) is 5.20. The van der Waals surface area contributed by atoms with Gasteiger partial charge in [-0.2, -0.15) is 0 Å². The molecule has 0 radical (unpaired) electrons. The average Bonchev–Trinajstić information content (AvgIpc) is 3.10. The summed E-state index contributed by atoms with van der Waals surface area (Å²) in [6.07, 6.45) is 2.76. The molecule has 1 aromatic heterocycles. The molecule has 0 saturated carbocycles. The third-order valence-electron chi connectivity index (χ3n) is 7.36. The molecule has 1 spiro atoms. The van der Waals surface area contributed by atoms with Crippen molar-refractivity contribution in [3.63, 3.8) is 0 Å². The Morgan fingerprint density at radius 3 is 2.57 bits per heavy atom. The lowest BCUT2D eigenvalue weighted by Gasteiger charge is -2.42. The fourth-order valence-electron chi connectivity index (χ4n) is 5.48. The first-order valence-electron chi connectivity index (χ1n) is 11.5. The molecule has 1 fully saturated rings. The Morgan fingerprint density at radius 1 is 1.14 bits per heavy atom. The lowest BCUT2D eigenvalue weighted by Crippen LogP contribution is -2.45. The molecule has 180 valence electrons.